The van der Waals surface area contributed by atoms with E-state index in [0.29, 0.717) is 5.76 Å². The summed E-state index contributed by atoms with van der Waals surface area (Å²) in [6.45, 7) is 6.18. The maximum absolute atomic E-state index is 8.83. The van der Waals surface area contributed by atoms with Crippen molar-refractivity contribution >= 4 is 11.8 Å². The summed E-state index contributed by atoms with van der Waals surface area (Å²) in [5, 5.41) is 12.1. The zero-order valence-electron chi connectivity index (χ0n) is 10.0. The second-order valence-corrected chi connectivity index (χ2v) is 5.32. The van der Waals surface area contributed by atoms with E-state index in [2.05, 4.69) is 19.2 Å². The van der Waals surface area contributed by atoms with Gasteiger partial charge >= 0.3 is 0 Å². The molecule has 1 rings (SSSR count). The molecule has 0 spiro atoms. The SMILES string of the molecule is CC(C)CSCCNCc1ccc(CO)o1. The molecular formula is C12H21NO2S. The maximum atomic E-state index is 8.83. The maximum Gasteiger partial charge on any atom is 0.129 e. The molecule has 0 aliphatic rings. The van der Waals surface area contributed by atoms with Crippen LogP contribution in [0.2, 0.25) is 0 Å². The van der Waals surface area contributed by atoms with Crippen LogP contribution in [0.1, 0.15) is 25.4 Å². The van der Waals surface area contributed by atoms with Gasteiger partial charge in [0.25, 0.3) is 0 Å². The van der Waals surface area contributed by atoms with Gasteiger partial charge in [-0.1, -0.05) is 13.8 Å². The van der Waals surface area contributed by atoms with Crippen molar-refractivity contribution in [2.75, 3.05) is 18.1 Å². The first-order valence-corrected chi connectivity index (χ1v) is 6.84. The predicted molar refractivity (Wildman–Crippen MR) is 68.5 cm³/mol. The number of aliphatic hydroxyl groups is 1. The Morgan fingerprint density at radius 1 is 1.38 bits per heavy atom. The fraction of sp³-hybridized carbons (Fsp3) is 0.667. The lowest BCUT2D eigenvalue weighted by molar-refractivity contribution is 0.243. The average molecular weight is 243 g/mol. The van der Waals surface area contributed by atoms with E-state index in [1.165, 1.54) is 5.75 Å². The van der Waals surface area contributed by atoms with Crippen LogP contribution in [0.3, 0.4) is 0 Å². The van der Waals surface area contributed by atoms with Gasteiger partial charge in [-0.2, -0.15) is 11.8 Å². The van der Waals surface area contributed by atoms with Gasteiger partial charge in [0.15, 0.2) is 0 Å². The number of hydrogen-bond donors (Lipinski definition) is 2. The standard InChI is InChI=1S/C12H21NO2S/c1-10(2)9-16-6-5-13-7-11-3-4-12(8-14)15-11/h3-4,10,13-14H,5-9H2,1-2H3. The highest BCUT2D eigenvalue weighted by molar-refractivity contribution is 7.99. The molecule has 0 fully saturated rings. The van der Waals surface area contributed by atoms with Gasteiger partial charge in [-0.25, -0.2) is 0 Å². The lowest BCUT2D eigenvalue weighted by Crippen LogP contribution is -2.16. The Kier molecular flexibility index (Phi) is 6.61. The van der Waals surface area contributed by atoms with E-state index in [4.69, 9.17) is 9.52 Å². The van der Waals surface area contributed by atoms with Crippen LogP contribution in [-0.2, 0) is 13.2 Å². The van der Waals surface area contributed by atoms with Crippen molar-refractivity contribution < 1.29 is 9.52 Å². The molecule has 4 heteroatoms. The summed E-state index contributed by atoms with van der Waals surface area (Å²) in [6, 6.07) is 3.71. The first-order chi connectivity index (χ1) is 7.72. The minimum atomic E-state index is -0.0236. The topological polar surface area (TPSA) is 45.4 Å². The fourth-order valence-corrected chi connectivity index (χ4v) is 2.20. The molecule has 0 amide bonds. The molecule has 0 bridgehead atoms. The van der Waals surface area contributed by atoms with Gasteiger partial charge in [0.2, 0.25) is 0 Å². The number of hydrogen-bond acceptors (Lipinski definition) is 4. The molecule has 3 nitrogen and oxygen atoms in total. The predicted octanol–water partition coefficient (Wildman–Crippen LogP) is 2.25. The van der Waals surface area contributed by atoms with Gasteiger partial charge in [0.1, 0.15) is 18.1 Å². The first kappa shape index (κ1) is 13.6. The highest BCUT2D eigenvalue weighted by Crippen LogP contribution is 2.08. The summed E-state index contributed by atoms with van der Waals surface area (Å²) >= 11 is 1.97. The lowest BCUT2D eigenvalue weighted by atomic mass is 10.3. The summed E-state index contributed by atoms with van der Waals surface area (Å²) < 4.78 is 5.36. The Hall–Kier alpha value is -0.450. The van der Waals surface area contributed by atoms with Crippen LogP contribution in [0.25, 0.3) is 0 Å². The van der Waals surface area contributed by atoms with Crippen molar-refractivity contribution in [2.45, 2.75) is 27.0 Å². The van der Waals surface area contributed by atoms with Gasteiger partial charge in [0, 0.05) is 12.3 Å². The van der Waals surface area contributed by atoms with E-state index in [9.17, 15) is 0 Å². The van der Waals surface area contributed by atoms with Crippen molar-refractivity contribution in [3.05, 3.63) is 23.7 Å². The van der Waals surface area contributed by atoms with E-state index in [0.717, 1.165) is 30.5 Å². The molecule has 0 saturated carbocycles. The quantitative estimate of drug-likeness (QED) is 0.687. The minimum Gasteiger partial charge on any atom is -0.462 e. The second kappa shape index (κ2) is 7.76. The van der Waals surface area contributed by atoms with Gasteiger partial charge in [-0.15, -0.1) is 0 Å². The molecule has 1 heterocycles. The Bertz CT molecular complexity index is 286. The molecule has 0 unspecified atom stereocenters. The molecule has 0 saturated heterocycles. The van der Waals surface area contributed by atoms with Crippen LogP contribution in [0.4, 0.5) is 0 Å². The van der Waals surface area contributed by atoms with E-state index < -0.39 is 0 Å². The van der Waals surface area contributed by atoms with Crippen molar-refractivity contribution in [1.82, 2.24) is 5.32 Å². The first-order valence-electron chi connectivity index (χ1n) is 5.69. The third-order valence-electron chi connectivity index (χ3n) is 2.05. The molecule has 0 aliphatic heterocycles. The smallest absolute Gasteiger partial charge is 0.129 e. The summed E-state index contributed by atoms with van der Waals surface area (Å²) in [5.41, 5.74) is 0. The third kappa shape index (κ3) is 5.58. The summed E-state index contributed by atoms with van der Waals surface area (Å²) in [5.74, 6) is 4.63. The summed E-state index contributed by atoms with van der Waals surface area (Å²) in [4.78, 5) is 0. The normalized spacial score (nSPS) is 11.2. The van der Waals surface area contributed by atoms with Crippen LogP contribution in [0, 0.1) is 5.92 Å². The number of rotatable bonds is 8. The molecule has 0 atom stereocenters. The zero-order chi connectivity index (χ0) is 11.8. The molecule has 16 heavy (non-hydrogen) atoms. The van der Waals surface area contributed by atoms with Crippen molar-refractivity contribution in [3.63, 3.8) is 0 Å². The second-order valence-electron chi connectivity index (χ2n) is 4.17. The Morgan fingerprint density at radius 2 is 2.12 bits per heavy atom. The molecule has 1 aromatic heterocycles. The van der Waals surface area contributed by atoms with Gasteiger partial charge in [-0.05, 0) is 23.8 Å². The molecular weight excluding hydrogens is 222 g/mol. The van der Waals surface area contributed by atoms with E-state index in [1.807, 2.05) is 23.9 Å². The highest BCUT2D eigenvalue weighted by Gasteiger charge is 2.00. The number of furan rings is 1. The van der Waals surface area contributed by atoms with Crippen LogP contribution in [0.5, 0.6) is 0 Å². The van der Waals surface area contributed by atoms with Crippen LogP contribution >= 0.6 is 11.8 Å². The molecule has 0 aliphatic carbocycles. The highest BCUT2D eigenvalue weighted by atomic mass is 32.2. The number of thioether (sulfide) groups is 1. The van der Waals surface area contributed by atoms with E-state index >= 15 is 0 Å². The van der Waals surface area contributed by atoms with E-state index in [-0.39, 0.29) is 6.61 Å². The Morgan fingerprint density at radius 3 is 2.75 bits per heavy atom. The summed E-state index contributed by atoms with van der Waals surface area (Å²) in [7, 11) is 0. The number of nitrogens with one attached hydrogen (secondary N) is 1. The zero-order valence-corrected chi connectivity index (χ0v) is 10.8. The van der Waals surface area contributed by atoms with Crippen molar-refractivity contribution in [2.24, 2.45) is 5.92 Å². The van der Waals surface area contributed by atoms with Gasteiger partial charge in [0.05, 0.1) is 6.54 Å². The minimum absolute atomic E-state index is 0.0236. The Labute approximate surface area is 102 Å². The van der Waals surface area contributed by atoms with Gasteiger partial charge in [-0.3, -0.25) is 0 Å². The molecule has 0 radical (unpaired) electrons. The largest absolute Gasteiger partial charge is 0.462 e. The monoisotopic (exact) mass is 243 g/mol. The molecule has 92 valence electrons. The number of aliphatic hydroxyl groups excluding tert-OH is 1. The van der Waals surface area contributed by atoms with Crippen LogP contribution in [-0.4, -0.2) is 23.2 Å². The lowest BCUT2D eigenvalue weighted by Gasteiger charge is -2.05. The Balaban J connectivity index is 2.02. The van der Waals surface area contributed by atoms with Crippen LogP contribution < -0.4 is 5.32 Å². The van der Waals surface area contributed by atoms with Crippen molar-refractivity contribution in [1.29, 1.82) is 0 Å². The molecule has 0 aromatic carbocycles. The molecule has 1 aromatic rings. The fourth-order valence-electron chi connectivity index (χ4n) is 1.28. The average Bonchev–Trinajstić information content (AvgIpc) is 2.70. The third-order valence-corrected chi connectivity index (χ3v) is 3.44. The van der Waals surface area contributed by atoms with Crippen LogP contribution in [0.15, 0.2) is 16.5 Å². The summed E-state index contributed by atoms with van der Waals surface area (Å²) in [6.07, 6.45) is 0. The molecule has 2 N–H and O–H groups in total. The van der Waals surface area contributed by atoms with Crippen molar-refractivity contribution in [3.8, 4) is 0 Å². The van der Waals surface area contributed by atoms with E-state index in [1.54, 1.807) is 0 Å². The van der Waals surface area contributed by atoms with Gasteiger partial charge < -0.3 is 14.8 Å².